The fourth-order valence-corrected chi connectivity index (χ4v) is 4.79. The molecule has 1 saturated heterocycles. The normalized spacial score (nSPS) is 15.0. The van der Waals surface area contributed by atoms with Gasteiger partial charge in [-0.2, -0.15) is 0 Å². The molecule has 0 atom stereocenters. The molecule has 6 nitrogen and oxygen atoms in total. The molecular weight excluding hydrogens is 462 g/mol. The van der Waals surface area contributed by atoms with Crippen molar-refractivity contribution >= 4 is 28.4 Å². The summed E-state index contributed by atoms with van der Waals surface area (Å²) in [6.45, 7) is 8.74. The van der Waals surface area contributed by atoms with Crippen LogP contribution in [0, 0.1) is 5.92 Å². The number of fused-ring (bicyclic) bond motifs is 1. The van der Waals surface area contributed by atoms with Crippen molar-refractivity contribution in [1.29, 1.82) is 0 Å². The monoisotopic (exact) mass is 497 g/mol. The van der Waals surface area contributed by atoms with Crippen molar-refractivity contribution in [3.8, 4) is 11.5 Å². The third kappa shape index (κ3) is 6.50. The number of para-hydroxylation sites is 1. The van der Waals surface area contributed by atoms with Crippen molar-refractivity contribution in [2.24, 2.45) is 5.92 Å². The third-order valence-corrected chi connectivity index (χ3v) is 6.77. The van der Waals surface area contributed by atoms with E-state index in [2.05, 4.69) is 28.6 Å². The predicted octanol–water partition coefficient (Wildman–Crippen LogP) is 5.62. The molecule has 2 aromatic carbocycles. The molecule has 0 spiro atoms. The van der Waals surface area contributed by atoms with Crippen molar-refractivity contribution in [2.45, 2.75) is 45.8 Å². The fraction of sp³-hybridized carbons (Fsp3) is 0.464. The molecule has 3 aromatic rings. The lowest BCUT2D eigenvalue weighted by atomic mass is 10.1. The molecule has 1 N–H and O–H groups in total. The molecule has 0 unspecified atom stereocenters. The second-order valence-electron chi connectivity index (χ2n) is 9.66. The number of piperidine rings is 1. The van der Waals surface area contributed by atoms with Crippen LogP contribution in [-0.4, -0.2) is 54.8 Å². The van der Waals surface area contributed by atoms with Gasteiger partial charge >= 0.3 is 0 Å². The van der Waals surface area contributed by atoms with Crippen LogP contribution in [0.2, 0.25) is 5.02 Å². The number of nitrogens with zero attached hydrogens (tertiary/aromatic N) is 2. The zero-order valence-electron chi connectivity index (χ0n) is 20.9. The number of aryl methyl sites for hydroxylation is 1. The van der Waals surface area contributed by atoms with Crippen molar-refractivity contribution in [2.75, 3.05) is 33.3 Å². The number of hydrogen-bond acceptors (Lipinski definition) is 4. The van der Waals surface area contributed by atoms with Gasteiger partial charge in [0.2, 0.25) is 0 Å². The van der Waals surface area contributed by atoms with E-state index in [1.807, 2.05) is 48.7 Å². The zero-order valence-corrected chi connectivity index (χ0v) is 21.7. The number of nitrogens with one attached hydrogen (secondary N) is 1. The minimum absolute atomic E-state index is 0.0292. The number of halogens is 1. The summed E-state index contributed by atoms with van der Waals surface area (Å²) in [6.07, 6.45) is 5.26. The van der Waals surface area contributed by atoms with Crippen LogP contribution in [0.25, 0.3) is 10.9 Å². The van der Waals surface area contributed by atoms with E-state index >= 15 is 0 Å². The topological polar surface area (TPSA) is 55.7 Å². The van der Waals surface area contributed by atoms with Gasteiger partial charge in [-0.3, -0.25) is 4.79 Å². The fourth-order valence-electron chi connectivity index (χ4n) is 4.66. The molecule has 1 aliphatic rings. The first-order valence-electron chi connectivity index (χ1n) is 12.5. The summed E-state index contributed by atoms with van der Waals surface area (Å²) in [4.78, 5) is 15.4. The van der Waals surface area contributed by atoms with Gasteiger partial charge in [-0.15, -0.1) is 0 Å². The van der Waals surface area contributed by atoms with E-state index in [1.54, 1.807) is 7.11 Å². The molecular formula is C28H36ClN3O3. The second kappa shape index (κ2) is 11.8. The quantitative estimate of drug-likeness (QED) is 0.395. The van der Waals surface area contributed by atoms with Crippen LogP contribution in [-0.2, 0) is 6.54 Å². The number of rotatable bonds is 10. The summed E-state index contributed by atoms with van der Waals surface area (Å²) in [6, 6.07) is 13.5. The van der Waals surface area contributed by atoms with E-state index in [0.717, 1.165) is 72.9 Å². The summed E-state index contributed by atoms with van der Waals surface area (Å²) in [5, 5.41) is 4.72. The molecule has 1 amide bonds. The SMILES string of the molecule is COc1cccc2c(C(=O)NCC(C)C)cn(CCCN3CCC(Oc4ccc(Cl)cc4)CC3)c12. The Morgan fingerprint density at radius 1 is 1.11 bits per heavy atom. The Morgan fingerprint density at radius 3 is 2.54 bits per heavy atom. The average molecular weight is 498 g/mol. The first kappa shape index (κ1) is 25.4. The number of benzene rings is 2. The number of amides is 1. The highest BCUT2D eigenvalue weighted by Crippen LogP contribution is 2.30. The Balaban J connectivity index is 1.34. The van der Waals surface area contributed by atoms with Gasteiger partial charge in [-0.05, 0) is 62.1 Å². The minimum Gasteiger partial charge on any atom is -0.495 e. The van der Waals surface area contributed by atoms with Crippen molar-refractivity contribution < 1.29 is 14.3 Å². The van der Waals surface area contributed by atoms with E-state index < -0.39 is 0 Å². The van der Waals surface area contributed by atoms with Gasteiger partial charge in [-0.1, -0.05) is 37.6 Å². The maximum atomic E-state index is 12.9. The highest BCUT2D eigenvalue weighted by atomic mass is 35.5. The molecule has 1 fully saturated rings. The summed E-state index contributed by atoms with van der Waals surface area (Å²) >= 11 is 5.97. The van der Waals surface area contributed by atoms with E-state index in [4.69, 9.17) is 21.1 Å². The molecule has 7 heteroatoms. The molecule has 4 rings (SSSR count). The number of aromatic nitrogens is 1. The number of carbonyl (C=O) groups excluding carboxylic acids is 1. The Bertz CT molecular complexity index is 1120. The van der Waals surface area contributed by atoms with Crippen LogP contribution in [0.3, 0.4) is 0 Å². The van der Waals surface area contributed by atoms with Gasteiger partial charge in [0.05, 0.1) is 18.2 Å². The molecule has 35 heavy (non-hydrogen) atoms. The largest absolute Gasteiger partial charge is 0.495 e. The average Bonchev–Trinajstić information content (AvgIpc) is 3.24. The van der Waals surface area contributed by atoms with Gasteiger partial charge in [0.1, 0.15) is 17.6 Å². The Morgan fingerprint density at radius 2 is 1.86 bits per heavy atom. The molecule has 188 valence electrons. The van der Waals surface area contributed by atoms with Crippen molar-refractivity contribution in [3.05, 3.63) is 59.2 Å². The molecule has 1 aromatic heterocycles. The lowest BCUT2D eigenvalue weighted by Gasteiger charge is -2.32. The highest BCUT2D eigenvalue weighted by molar-refractivity contribution is 6.30. The standard InChI is InChI=1S/C28H36ClN3O3/c1-20(2)18-30-28(33)25-19-32(27-24(25)6-4-7-26(27)34-3)15-5-14-31-16-12-23(13-17-31)35-22-10-8-21(29)9-11-22/h4,6-11,19-20,23H,5,12-18H2,1-3H3,(H,30,33). The second-order valence-corrected chi connectivity index (χ2v) is 10.1. The number of likely N-dealkylation sites (tertiary alicyclic amines) is 1. The van der Waals surface area contributed by atoms with Gasteiger partial charge in [0, 0.05) is 42.8 Å². The number of ether oxygens (including phenoxy) is 2. The van der Waals surface area contributed by atoms with E-state index in [-0.39, 0.29) is 12.0 Å². The van der Waals surface area contributed by atoms with E-state index in [9.17, 15) is 4.79 Å². The molecule has 0 aliphatic carbocycles. The molecule has 0 radical (unpaired) electrons. The molecule has 0 bridgehead atoms. The Hall–Kier alpha value is -2.70. The molecule has 1 aliphatic heterocycles. The smallest absolute Gasteiger partial charge is 0.253 e. The van der Waals surface area contributed by atoms with E-state index in [0.29, 0.717) is 18.0 Å². The number of methoxy groups -OCH3 is 1. The lowest BCUT2D eigenvalue weighted by molar-refractivity contribution is 0.0950. The van der Waals surface area contributed by atoms with Crippen LogP contribution in [0.15, 0.2) is 48.7 Å². The first-order valence-corrected chi connectivity index (χ1v) is 12.9. The first-order chi connectivity index (χ1) is 16.9. The Labute approximate surface area is 213 Å². The maximum Gasteiger partial charge on any atom is 0.253 e. The van der Waals surface area contributed by atoms with Crippen LogP contribution in [0.1, 0.15) is 43.5 Å². The number of hydrogen-bond donors (Lipinski definition) is 1. The van der Waals surface area contributed by atoms with Gasteiger partial charge in [0.15, 0.2) is 0 Å². The van der Waals surface area contributed by atoms with Gasteiger partial charge in [-0.25, -0.2) is 0 Å². The van der Waals surface area contributed by atoms with Crippen LogP contribution < -0.4 is 14.8 Å². The van der Waals surface area contributed by atoms with Crippen molar-refractivity contribution in [1.82, 2.24) is 14.8 Å². The predicted molar refractivity (Wildman–Crippen MR) is 142 cm³/mol. The summed E-state index contributed by atoms with van der Waals surface area (Å²) in [5.41, 5.74) is 1.69. The van der Waals surface area contributed by atoms with Crippen LogP contribution in [0.4, 0.5) is 0 Å². The summed E-state index contributed by atoms with van der Waals surface area (Å²) in [7, 11) is 1.68. The summed E-state index contributed by atoms with van der Waals surface area (Å²) < 4.78 is 13.9. The Kier molecular flexibility index (Phi) is 8.58. The lowest BCUT2D eigenvalue weighted by Crippen LogP contribution is -2.38. The van der Waals surface area contributed by atoms with Gasteiger partial charge < -0.3 is 24.3 Å². The van der Waals surface area contributed by atoms with Crippen LogP contribution in [0.5, 0.6) is 11.5 Å². The van der Waals surface area contributed by atoms with Gasteiger partial charge in [0.25, 0.3) is 5.91 Å². The number of carbonyl (C=O) groups is 1. The van der Waals surface area contributed by atoms with Crippen LogP contribution >= 0.6 is 11.6 Å². The third-order valence-electron chi connectivity index (χ3n) is 6.52. The highest BCUT2D eigenvalue weighted by Gasteiger charge is 2.21. The van der Waals surface area contributed by atoms with E-state index in [1.165, 1.54) is 0 Å². The molecule has 0 saturated carbocycles. The zero-order chi connectivity index (χ0) is 24.8. The summed E-state index contributed by atoms with van der Waals surface area (Å²) in [5.74, 6) is 2.06. The van der Waals surface area contributed by atoms with Crippen molar-refractivity contribution in [3.63, 3.8) is 0 Å². The maximum absolute atomic E-state index is 12.9. The minimum atomic E-state index is -0.0292. The molecule has 2 heterocycles.